The molecule has 0 saturated heterocycles. The van der Waals surface area contributed by atoms with Gasteiger partial charge in [0.1, 0.15) is 0 Å². The van der Waals surface area contributed by atoms with Crippen molar-refractivity contribution in [2.75, 3.05) is 26.7 Å². The topological polar surface area (TPSA) is 58.6 Å². The van der Waals surface area contributed by atoms with Crippen LogP contribution in [-0.2, 0) is 16.1 Å². The molecule has 0 saturated carbocycles. The van der Waals surface area contributed by atoms with Gasteiger partial charge in [0, 0.05) is 24.1 Å². The summed E-state index contributed by atoms with van der Waals surface area (Å²) in [7, 11) is 1.35. The molecule has 6 heteroatoms. The number of hydrogen-bond acceptors (Lipinski definition) is 4. The molecule has 0 aliphatic carbocycles. The molecule has 1 rings (SSSR count). The van der Waals surface area contributed by atoms with Crippen molar-refractivity contribution in [1.29, 1.82) is 0 Å². The zero-order valence-electron chi connectivity index (χ0n) is 12.6. The first kappa shape index (κ1) is 17.7. The van der Waals surface area contributed by atoms with Crippen LogP contribution in [0.3, 0.4) is 0 Å². The van der Waals surface area contributed by atoms with Crippen molar-refractivity contribution in [2.24, 2.45) is 0 Å². The molecule has 1 aromatic rings. The number of nitrogens with one attached hydrogen (secondary N) is 1. The Hall–Kier alpha value is -1.40. The maximum Gasteiger partial charge on any atom is 0.337 e. The third-order valence-corrected chi connectivity index (χ3v) is 3.92. The number of ether oxygens (including phenoxy) is 1. The molecule has 1 aromatic carbocycles. The van der Waals surface area contributed by atoms with E-state index in [1.54, 1.807) is 17.0 Å². The molecule has 0 unspecified atom stereocenters. The van der Waals surface area contributed by atoms with Gasteiger partial charge in [-0.2, -0.15) is 0 Å². The number of carbonyl (C=O) groups excluding carboxylic acids is 2. The predicted octanol–water partition coefficient (Wildman–Crippen LogP) is 2.19. The molecule has 0 spiro atoms. The van der Waals surface area contributed by atoms with Gasteiger partial charge in [0.2, 0.25) is 5.91 Å². The van der Waals surface area contributed by atoms with E-state index in [1.165, 1.54) is 7.11 Å². The molecule has 0 aliphatic rings. The second-order valence-corrected chi connectivity index (χ2v) is 5.32. The maximum absolute atomic E-state index is 11.9. The van der Waals surface area contributed by atoms with Gasteiger partial charge in [0.05, 0.1) is 19.2 Å². The Balaban J connectivity index is 2.57. The summed E-state index contributed by atoms with van der Waals surface area (Å²) in [5.74, 6) is -0.283. The van der Waals surface area contributed by atoms with Crippen molar-refractivity contribution in [3.8, 4) is 0 Å². The van der Waals surface area contributed by atoms with E-state index in [0.717, 1.165) is 10.0 Å². The molecular formula is C15H21BrN2O3. The van der Waals surface area contributed by atoms with E-state index in [0.29, 0.717) is 31.7 Å². The average molecular weight is 357 g/mol. The van der Waals surface area contributed by atoms with Gasteiger partial charge >= 0.3 is 5.97 Å². The Bertz CT molecular complexity index is 502. The number of hydrogen-bond donors (Lipinski definition) is 1. The van der Waals surface area contributed by atoms with Crippen LogP contribution in [0.4, 0.5) is 0 Å². The number of nitrogens with zero attached hydrogens (tertiary/aromatic N) is 1. The lowest BCUT2D eigenvalue weighted by Crippen LogP contribution is -2.37. The quantitative estimate of drug-likeness (QED) is 0.760. The van der Waals surface area contributed by atoms with Crippen molar-refractivity contribution in [3.05, 3.63) is 33.8 Å². The smallest absolute Gasteiger partial charge is 0.337 e. The lowest BCUT2D eigenvalue weighted by molar-refractivity contribution is -0.129. The molecular weight excluding hydrogens is 336 g/mol. The maximum atomic E-state index is 11.9. The standard InChI is InChI=1S/C15H21BrN2O3/c1-4-18(5-2)14(19)10-17-9-12-7-6-11(8-13(12)16)15(20)21-3/h6-8,17H,4-5,9-10H2,1-3H3. The van der Waals surface area contributed by atoms with Crippen LogP contribution in [0, 0.1) is 0 Å². The summed E-state index contributed by atoms with van der Waals surface area (Å²) >= 11 is 3.43. The second-order valence-electron chi connectivity index (χ2n) is 4.47. The number of benzene rings is 1. The Labute approximate surface area is 133 Å². The molecule has 0 atom stereocenters. The van der Waals surface area contributed by atoms with Crippen molar-refractivity contribution in [2.45, 2.75) is 20.4 Å². The number of rotatable bonds is 7. The number of methoxy groups -OCH3 is 1. The number of halogens is 1. The molecule has 0 aliphatic heterocycles. The predicted molar refractivity (Wildman–Crippen MR) is 85.1 cm³/mol. The zero-order valence-corrected chi connectivity index (χ0v) is 14.2. The Kier molecular flexibility index (Phi) is 7.39. The van der Waals surface area contributed by atoms with Crippen molar-refractivity contribution in [3.63, 3.8) is 0 Å². The summed E-state index contributed by atoms with van der Waals surface area (Å²) in [6.45, 7) is 6.21. The van der Waals surface area contributed by atoms with Crippen LogP contribution in [0.1, 0.15) is 29.8 Å². The Morgan fingerprint density at radius 2 is 1.95 bits per heavy atom. The van der Waals surface area contributed by atoms with Crippen molar-refractivity contribution < 1.29 is 14.3 Å². The monoisotopic (exact) mass is 356 g/mol. The minimum atomic E-state index is -0.369. The lowest BCUT2D eigenvalue weighted by Gasteiger charge is -2.18. The number of carbonyl (C=O) groups is 2. The van der Waals surface area contributed by atoms with E-state index in [1.807, 2.05) is 19.9 Å². The first-order valence-electron chi connectivity index (χ1n) is 6.88. The van der Waals surface area contributed by atoms with Crippen LogP contribution in [0.5, 0.6) is 0 Å². The molecule has 0 bridgehead atoms. The van der Waals surface area contributed by atoms with Crippen LogP contribution in [0.25, 0.3) is 0 Å². The summed E-state index contributed by atoms with van der Waals surface area (Å²) < 4.78 is 5.48. The van der Waals surface area contributed by atoms with Gasteiger partial charge < -0.3 is 15.0 Å². The van der Waals surface area contributed by atoms with Crippen molar-refractivity contribution >= 4 is 27.8 Å². The van der Waals surface area contributed by atoms with Crippen LogP contribution < -0.4 is 5.32 Å². The van der Waals surface area contributed by atoms with Gasteiger partial charge in [-0.3, -0.25) is 4.79 Å². The second kappa shape index (κ2) is 8.79. The van der Waals surface area contributed by atoms with Gasteiger partial charge in [-0.25, -0.2) is 4.79 Å². The minimum Gasteiger partial charge on any atom is -0.465 e. The van der Waals surface area contributed by atoms with E-state index in [4.69, 9.17) is 0 Å². The van der Waals surface area contributed by atoms with Gasteiger partial charge in [0.15, 0.2) is 0 Å². The highest BCUT2D eigenvalue weighted by Crippen LogP contribution is 2.19. The highest BCUT2D eigenvalue weighted by molar-refractivity contribution is 9.10. The fourth-order valence-electron chi connectivity index (χ4n) is 1.93. The molecule has 0 aromatic heterocycles. The fourth-order valence-corrected chi connectivity index (χ4v) is 2.45. The molecule has 21 heavy (non-hydrogen) atoms. The van der Waals surface area contributed by atoms with Crippen molar-refractivity contribution in [1.82, 2.24) is 10.2 Å². The molecule has 0 heterocycles. The first-order valence-corrected chi connectivity index (χ1v) is 7.68. The molecule has 1 N–H and O–H groups in total. The summed E-state index contributed by atoms with van der Waals surface area (Å²) in [5, 5.41) is 3.12. The van der Waals surface area contributed by atoms with E-state index in [-0.39, 0.29) is 11.9 Å². The third-order valence-electron chi connectivity index (χ3n) is 3.18. The van der Waals surface area contributed by atoms with E-state index in [2.05, 4.69) is 26.0 Å². The zero-order chi connectivity index (χ0) is 15.8. The summed E-state index contributed by atoms with van der Waals surface area (Å²) in [5.41, 5.74) is 1.47. The van der Waals surface area contributed by atoms with Gasteiger partial charge in [-0.1, -0.05) is 22.0 Å². The van der Waals surface area contributed by atoms with Gasteiger partial charge in [-0.05, 0) is 31.5 Å². The minimum absolute atomic E-state index is 0.0855. The van der Waals surface area contributed by atoms with E-state index < -0.39 is 0 Å². The average Bonchev–Trinajstić information content (AvgIpc) is 2.49. The Morgan fingerprint density at radius 1 is 1.29 bits per heavy atom. The fraction of sp³-hybridized carbons (Fsp3) is 0.467. The number of amides is 1. The Morgan fingerprint density at radius 3 is 2.48 bits per heavy atom. The van der Waals surface area contributed by atoms with Crippen LogP contribution in [0.2, 0.25) is 0 Å². The third kappa shape index (κ3) is 5.13. The van der Waals surface area contributed by atoms with Gasteiger partial charge in [0.25, 0.3) is 0 Å². The SMILES string of the molecule is CCN(CC)C(=O)CNCc1ccc(C(=O)OC)cc1Br. The van der Waals surface area contributed by atoms with Crippen LogP contribution in [0.15, 0.2) is 22.7 Å². The molecule has 116 valence electrons. The lowest BCUT2D eigenvalue weighted by atomic mass is 10.1. The normalized spacial score (nSPS) is 10.3. The highest BCUT2D eigenvalue weighted by atomic mass is 79.9. The van der Waals surface area contributed by atoms with E-state index in [9.17, 15) is 9.59 Å². The summed E-state index contributed by atoms with van der Waals surface area (Å²) in [6, 6.07) is 5.26. The molecule has 0 radical (unpaired) electrons. The summed E-state index contributed by atoms with van der Waals surface area (Å²) in [4.78, 5) is 25.0. The summed E-state index contributed by atoms with van der Waals surface area (Å²) in [6.07, 6.45) is 0. The molecule has 0 fully saturated rings. The number of likely N-dealkylation sites (N-methyl/N-ethyl adjacent to an activating group) is 1. The first-order chi connectivity index (χ1) is 10.0. The largest absolute Gasteiger partial charge is 0.465 e. The van der Waals surface area contributed by atoms with Crippen LogP contribution >= 0.6 is 15.9 Å². The van der Waals surface area contributed by atoms with Crippen LogP contribution in [-0.4, -0.2) is 43.5 Å². The molecule has 1 amide bonds. The number of esters is 1. The molecule has 5 nitrogen and oxygen atoms in total. The van der Waals surface area contributed by atoms with E-state index >= 15 is 0 Å². The van der Waals surface area contributed by atoms with Gasteiger partial charge in [-0.15, -0.1) is 0 Å². The highest BCUT2D eigenvalue weighted by Gasteiger charge is 2.10.